The standard InChI is InChI=1S/C41H52ClN5O8S/c1-25-22-56(52,45-40(51)33-19-46(3)43-26(33)2)44-39(50)28-8-12-38-35(17-28)47(23-41(24-55-38)15-5-6-27-16-30(42)9-11-34(27)41)18-29-7-10-32(29)37(53-4)14-13-36(25)54-21-31(49)20-48/h8-9,11-14,16-17,19,25,29,31-32,36-37,48-49H,5-7,10,15,18,20-24H2,1-4H3,(H,44,45,50,51,52)/b14-13+/t25-,29+,31?,32-,36+,37+,41+,56?/m1/s1. The summed E-state index contributed by atoms with van der Waals surface area (Å²) in [4.78, 5) is 30.2. The molecule has 2 unspecified atom stereocenters. The van der Waals surface area contributed by atoms with Crippen molar-refractivity contribution in [2.45, 2.75) is 69.7 Å². The van der Waals surface area contributed by atoms with Gasteiger partial charge in [0.05, 0.1) is 54.7 Å². The quantitative estimate of drug-likeness (QED) is 0.283. The van der Waals surface area contributed by atoms with Gasteiger partial charge in [-0.3, -0.25) is 19.0 Å². The van der Waals surface area contributed by atoms with E-state index in [1.807, 2.05) is 18.2 Å². The molecule has 15 heteroatoms. The number of nitrogens with zero attached hydrogens (tertiary/aromatic N) is 4. The zero-order chi connectivity index (χ0) is 39.8. The van der Waals surface area contributed by atoms with Crippen molar-refractivity contribution >= 4 is 39.0 Å². The molecule has 13 nitrogen and oxygen atoms in total. The number of halogens is 1. The largest absolute Gasteiger partial charge is 0.490 e. The Hall–Kier alpha value is -3.79. The number of carbonyl (C=O) groups is 2. The first kappa shape index (κ1) is 40.4. The lowest BCUT2D eigenvalue weighted by Crippen LogP contribution is -2.49. The highest BCUT2D eigenvalue weighted by Gasteiger charge is 2.44. The van der Waals surface area contributed by atoms with E-state index < -0.39 is 46.5 Å². The molecule has 3 heterocycles. The number of methoxy groups -OCH3 is 1. The number of ether oxygens (including phenoxy) is 3. The van der Waals surface area contributed by atoms with E-state index in [1.165, 1.54) is 22.0 Å². The topological polar surface area (TPSA) is 165 Å². The Labute approximate surface area is 333 Å². The van der Waals surface area contributed by atoms with Crippen LogP contribution in [0.25, 0.3) is 0 Å². The highest BCUT2D eigenvalue weighted by Crippen LogP contribution is 2.47. The summed E-state index contributed by atoms with van der Waals surface area (Å²) in [6, 6.07) is 11.3. The smallest absolute Gasteiger partial charge is 0.286 e. The van der Waals surface area contributed by atoms with E-state index in [2.05, 4.69) is 31.2 Å². The molecule has 8 atom stereocenters. The molecular weight excluding hydrogens is 758 g/mol. The fourth-order valence-corrected chi connectivity index (χ4v) is 10.9. The minimum absolute atomic E-state index is 0.176. The molecule has 0 radical (unpaired) electrons. The number of aromatic nitrogens is 2. The Morgan fingerprint density at radius 1 is 1.20 bits per heavy atom. The van der Waals surface area contributed by atoms with Crippen molar-refractivity contribution in [3.05, 3.63) is 87.7 Å². The number of rotatable bonds is 7. The number of hydrogen-bond acceptors (Lipinski definition) is 10. The second-order valence-electron chi connectivity index (χ2n) is 15.9. The van der Waals surface area contributed by atoms with Gasteiger partial charge in [0.15, 0.2) is 0 Å². The summed E-state index contributed by atoms with van der Waals surface area (Å²) >= 11 is 6.47. The molecule has 2 aliphatic heterocycles. The number of aryl methyl sites for hydroxylation is 3. The lowest BCUT2D eigenvalue weighted by molar-refractivity contribution is -0.0272. The highest BCUT2D eigenvalue weighted by molar-refractivity contribution is 7.92. The van der Waals surface area contributed by atoms with Crippen molar-refractivity contribution < 1.29 is 38.2 Å². The molecule has 7 rings (SSSR count). The van der Waals surface area contributed by atoms with Crippen molar-refractivity contribution in [2.75, 3.05) is 50.7 Å². The maximum absolute atomic E-state index is 14.9. The Balaban J connectivity index is 1.33. The molecule has 2 bridgehead atoms. The number of amides is 2. The zero-order valence-corrected chi connectivity index (χ0v) is 33.9. The van der Waals surface area contributed by atoms with Crippen molar-refractivity contribution in [1.82, 2.24) is 14.5 Å². The number of hydrogen-bond donors (Lipinski definition) is 3. The molecule has 1 fully saturated rings. The number of nitrogens with one attached hydrogen (secondary N) is 1. The molecule has 2 aromatic carbocycles. The van der Waals surface area contributed by atoms with E-state index in [0.717, 1.165) is 37.8 Å². The molecule has 2 aliphatic carbocycles. The van der Waals surface area contributed by atoms with Crippen LogP contribution in [0.15, 0.2) is 59.1 Å². The van der Waals surface area contributed by atoms with Crippen LogP contribution in [0.5, 0.6) is 5.75 Å². The van der Waals surface area contributed by atoms with Crippen LogP contribution in [0.1, 0.15) is 70.1 Å². The molecule has 4 aliphatic rings. The third kappa shape index (κ3) is 8.41. The summed E-state index contributed by atoms with van der Waals surface area (Å²) in [5.41, 5.74) is 3.73. The number of aliphatic hydroxyl groups is 2. The monoisotopic (exact) mass is 809 g/mol. The van der Waals surface area contributed by atoms with Gasteiger partial charge in [-0.15, -0.1) is 4.36 Å². The van der Waals surface area contributed by atoms with Crippen LogP contribution < -0.4 is 14.4 Å². The summed E-state index contributed by atoms with van der Waals surface area (Å²) in [6.45, 7) is 4.55. The lowest BCUT2D eigenvalue weighted by Gasteiger charge is -2.46. The van der Waals surface area contributed by atoms with Crippen molar-refractivity contribution in [1.29, 1.82) is 0 Å². The van der Waals surface area contributed by atoms with E-state index in [-0.39, 0.29) is 46.8 Å². The van der Waals surface area contributed by atoms with Crippen LogP contribution in [-0.4, -0.2) is 100 Å². The van der Waals surface area contributed by atoms with Crippen LogP contribution in [-0.2, 0) is 38.3 Å². The van der Waals surface area contributed by atoms with Crippen molar-refractivity contribution in [3.63, 3.8) is 0 Å². The first-order valence-corrected chi connectivity index (χ1v) is 21.4. The van der Waals surface area contributed by atoms with Gasteiger partial charge in [0.25, 0.3) is 11.8 Å². The van der Waals surface area contributed by atoms with Gasteiger partial charge in [0.1, 0.15) is 21.8 Å². The fourth-order valence-electron chi connectivity index (χ4n) is 8.85. The maximum Gasteiger partial charge on any atom is 0.286 e. The molecule has 3 aromatic rings. The molecule has 2 amide bonds. The fraction of sp³-hybridized carbons (Fsp3) is 0.537. The number of aliphatic hydroxyl groups excluding tert-OH is 2. The number of benzene rings is 2. The Morgan fingerprint density at radius 3 is 2.71 bits per heavy atom. The van der Waals surface area contributed by atoms with Crippen LogP contribution in [0.3, 0.4) is 0 Å². The maximum atomic E-state index is 14.9. The van der Waals surface area contributed by atoms with Crippen LogP contribution in [0, 0.1) is 24.7 Å². The summed E-state index contributed by atoms with van der Waals surface area (Å²) in [5, 5.41) is 24.7. The van der Waals surface area contributed by atoms with E-state index in [1.54, 1.807) is 46.2 Å². The first-order valence-electron chi connectivity index (χ1n) is 19.3. The number of anilines is 1. The third-order valence-electron chi connectivity index (χ3n) is 11.9. The molecular formula is C41H52ClN5O8S. The average Bonchev–Trinajstić information content (AvgIpc) is 3.42. The molecule has 1 aromatic heterocycles. The van der Waals surface area contributed by atoms with Gasteiger partial charge in [0.2, 0.25) is 0 Å². The third-order valence-corrected chi connectivity index (χ3v) is 14.1. The van der Waals surface area contributed by atoms with Gasteiger partial charge in [-0.05, 0) is 92.3 Å². The van der Waals surface area contributed by atoms with Crippen LogP contribution in [0.2, 0.25) is 5.02 Å². The van der Waals surface area contributed by atoms with E-state index >= 15 is 0 Å². The Kier molecular flexibility index (Phi) is 12.0. The number of carbonyl (C=O) groups excluding carboxylic acids is 2. The second kappa shape index (κ2) is 16.6. The minimum atomic E-state index is -3.80. The van der Waals surface area contributed by atoms with Crippen molar-refractivity contribution in [2.24, 2.45) is 29.2 Å². The van der Waals surface area contributed by atoms with Gasteiger partial charge in [-0.1, -0.05) is 36.7 Å². The highest BCUT2D eigenvalue weighted by atomic mass is 35.5. The van der Waals surface area contributed by atoms with Gasteiger partial charge >= 0.3 is 0 Å². The van der Waals surface area contributed by atoms with E-state index in [0.29, 0.717) is 36.2 Å². The molecule has 0 saturated heterocycles. The van der Waals surface area contributed by atoms with Gasteiger partial charge in [-0.25, -0.2) is 4.21 Å². The zero-order valence-electron chi connectivity index (χ0n) is 32.4. The van der Waals surface area contributed by atoms with Crippen molar-refractivity contribution in [3.8, 4) is 5.75 Å². The Bertz CT molecular complexity index is 2120. The Morgan fingerprint density at radius 2 is 2.00 bits per heavy atom. The summed E-state index contributed by atoms with van der Waals surface area (Å²) in [6.07, 6.45) is 7.96. The van der Waals surface area contributed by atoms with Gasteiger partial charge < -0.3 is 29.3 Å². The van der Waals surface area contributed by atoms with E-state index in [4.69, 9.17) is 25.8 Å². The van der Waals surface area contributed by atoms with Gasteiger partial charge in [0, 0.05) is 55.4 Å². The predicted octanol–water partition coefficient (Wildman–Crippen LogP) is 4.79. The predicted molar refractivity (Wildman–Crippen MR) is 214 cm³/mol. The first-order chi connectivity index (χ1) is 26.8. The van der Waals surface area contributed by atoms with Crippen LogP contribution >= 0.6 is 11.6 Å². The molecule has 56 heavy (non-hydrogen) atoms. The molecule has 1 spiro atoms. The average molecular weight is 810 g/mol. The molecule has 1 saturated carbocycles. The van der Waals surface area contributed by atoms with Crippen LogP contribution in [0.4, 0.5) is 5.69 Å². The SMILES string of the molecule is CO[C@H]1/C=C/[C@H](OCC(O)CO)[C@H](C)CS(=O)(NC(=O)c2cn(C)nc2C)=NC(=O)c2ccc3c(c2)N(C[C@@H]2CC[C@H]21)C[C@@]1(CCCc2cc(Cl)ccc21)CO3. The molecule has 3 N–H and O–H groups in total. The van der Waals surface area contributed by atoms with Gasteiger partial charge in [-0.2, -0.15) is 5.10 Å². The summed E-state index contributed by atoms with van der Waals surface area (Å²) in [7, 11) is -0.437. The number of fused-ring (bicyclic) bond motifs is 4. The van der Waals surface area contributed by atoms with E-state index in [9.17, 15) is 24.0 Å². The normalized spacial score (nSPS) is 30.2. The summed E-state index contributed by atoms with van der Waals surface area (Å²) in [5.74, 6) is -1.19. The second-order valence-corrected chi connectivity index (χ2v) is 18.4. The molecule has 302 valence electrons. The summed E-state index contributed by atoms with van der Waals surface area (Å²) < 4.78 is 42.1. The lowest BCUT2D eigenvalue weighted by atomic mass is 9.68. The minimum Gasteiger partial charge on any atom is -0.490 e.